The molecule has 1 saturated heterocycles. The van der Waals surface area contributed by atoms with E-state index in [0.29, 0.717) is 6.04 Å². The number of nitrogens with one attached hydrogen (secondary N) is 1. The van der Waals surface area contributed by atoms with Crippen LogP contribution >= 0.6 is 0 Å². The highest BCUT2D eigenvalue weighted by atomic mass is 16.5. The maximum absolute atomic E-state index is 5.30. The molecular weight excluding hydrogens is 166 g/mol. The van der Waals surface area contributed by atoms with E-state index in [0.717, 1.165) is 18.0 Å². The molecule has 0 unspecified atom stereocenters. The summed E-state index contributed by atoms with van der Waals surface area (Å²) in [6.45, 7) is 1.03. The van der Waals surface area contributed by atoms with E-state index in [1.165, 1.54) is 5.56 Å². The summed E-state index contributed by atoms with van der Waals surface area (Å²) >= 11 is 0. The van der Waals surface area contributed by atoms with Gasteiger partial charge in [0.25, 0.3) is 0 Å². The summed E-state index contributed by atoms with van der Waals surface area (Å²) in [4.78, 5) is 0. The van der Waals surface area contributed by atoms with Crippen LogP contribution in [0.3, 0.4) is 0 Å². The lowest BCUT2D eigenvalue weighted by Crippen LogP contribution is -1.95. The molecule has 1 N–H and O–H groups in total. The highest BCUT2D eigenvalue weighted by Gasteiger charge is 2.26. The number of methoxy groups -OCH3 is 2. The third kappa shape index (κ3) is 1.47. The average Bonchev–Trinajstić information content (AvgIpc) is 2.99. The van der Waals surface area contributed by atoms with Gasteiger partial charge in [0.1, 0.15) is 0 Å². The summed E-state index contributed by atoms with van der Waals surface area (Å²) in [5, 5.41) is 3.24. The van der Waals surface area contributed by atoms with Crippen LogP contribution in [0, 0.1) is 0 Å². The molecule has 1 fully saturated rings. The molecule has 1 aromatic rings. The maximum Gasteiger partial charge on any atom is 0.165 e. The minimum atomic E-state index is 0.449. The first-order chi connectivity index (χ1) is 6.36. The summed E-state index contributed by atoms with van der Waals surface area (Å²) in [6.07, 6.45) is 0. The summed E-state index contributed by atoms with van der Waals surface area (Å²) in [7, 11) is 3.33. The molecule has 13 heavy (non-hydrogen) atoms. The lowest BCUT2D eigenvalue weighted by molar-refractivity contribution is 0.351. The number of hydrogen-bond acceptors (Lipinski definition) is 3. The Balaban J connectivity index is 2.41. The van der Waals surface area contributed by atoms with Gasteiger partial charge in [0, 0.05) is 18.2 Å². The van der Waals surface area contributed by atoms with Crippen LogP contribution < -0.4 is 14.8 Å². The second-order valence-corrected chi connectivity index (χ2v) is 3.04. The van der Waals surface area contributed by atoms with Gasteiger partial charge in [0.05, 0.1) is 14.2 Å². The fourth-order valence-corrected chi connectivity index (χ4v) is 1.47. The van der Waals surface area contributed by atoms with Crippen LogP contribution in [-0.2, 0) is 0 Å². The van der Waals surface area contributed by atoms with Gasteiger partial charge in [-0.2, -0.15) is 0 Å². The van der Waals surface area contributed by atoms with Crippen LogP contribution in [0.1, 0.15) is 11.6 Å². The summed E-state index contributed by atoms with van der Waals surface area (Å²) < 4.78 is 10.5. The molecule has 0 saturated carbocycles. The molecule has 0 bridgehead atoms. The number of hydrogen-bond donors (Lipinski definition) is 1. The molecule has 0 radical (unpaired) electrons. The van der Waals surface area contributed by atoms with E-state index in [1.807, 2.05) is 12.1 Å². The first kappa shape index (κ1) is 8.38. The molecule has 70 valence electrons. The average molecular weight is 179 g/mol. The molecule has 1 aliphatic heterocycles. The van der Waals surface area contributed by atoms with Gasteiger partial charge in [0.2, 0.25) is 0 Å². The van der Waals surface area contributed by atoms with E-state index in [9.17, 15) is 0 Å². The van der Waals surface area contributed by atoms with Crippen molar-refractivity contribution in [2.45, 2.75) is 6.04 Å². The van der Waals surface area contributed by atoms with E-state index in [1.54, 1.807) is 14.2 Å². The minimum absolute atomic E-state index is 0.449. The molecule has 0 aliphatic carbocycles. The molecule has 1 heterocycles. The Kier molecular flexibility index (Phi) is 2.10. The van der Waals surface area contributed by atoms with Crippen molar-refractivity contribution in [1.82, 2.24) is 5.32 Å². The molecule has 3 nitrogen and oxygen atoms in total. The molecule has 0 spiro atoms. The molecule has 0 amide bonds. The third-order valence-electron chi connectivity index (χ3n) is 2.22. The smallest absolute Gasteiger partial charge is 0.165 e. The highest BCUT2D eigenvalue weighted by Crippen LogP contribution is 2.37. The molecule has 1 atom stereocenters. The van der Waals surface area contributed by atoms with Gasteiger partial charge < -0.3 is 14.8 Å². The van der Waals surface area contributed by atoms with Gasteiger partial charge >= 0.3 is 0 Å². The maximum atomic E-state index is 5.30. The molecule has 1 aromatic carbocycles. The van der Waals surface area contributed by atoms with Crippen LogP contribution in [0.15, 0.2) is 18.2 Å². The Morgan fingerprint density at radius 3 is 2.62 bits per heavy atom. The van der Waals surface area contributed by atoms with E-state index >= 15 is 0 Å². The second kappa shape index (κ2) is 3.26. The van der Waals surface area contributed by atoms with Crippen molar-refractivity contribution in [3.63, 3.8) is 0 Å². The van der Waals surface area contributed by atoms with E-state index in [-0.39, 0.29) is 0 Å². The van der Waals surface area contributed by atoms with Crippen molar-refractivity contribution >= 4 is 0 Å². The van der Waals surface area contributed by atoms with Crippen LogP contribution in [0.25, 0.3) is 0 Å². The SMILES string of the molecule is COc1cccc([C@H]2CN2)c1OC. The Morgan fingerprint density at radius 2 is 2.08 bits per heavy atom. The first-order valence-electron chi connectivity index (χ1n) is 4.31. The zero-order valence-electron chi connectivity index (χ0n) is 7.83. The van der Waals surface area contributed by atoms with Crippen LogP contribution in [-0.4, -0.2) is 20.8 Å². The summed E-state index contributed by atoms with van der Waals surface area (Å²) in [6, 6.07) is 6.40. The molecule has 2 rings (SSSR count). The van der Waals surface area contributed by atoms with Crippen LogP contribution in [0.4, 0.5) is 0 Å². The minimum Gasteiger partial charge on any atom is -0.493 e. The predicted molar refractivity (Wildman–Crippen MR) is 50.3 cm³/mol. The molecule has 3 heteroatoms. The van der Waals surface area contributed by atoms with Gasteiger partial charge in [-0.15, -0.1) is 0 Å². The van der Waals surface area contributed by atoms with Crippen molar-refractivity contribution in [2.24, 2.45) is 0 Å². The van der Waals surface area contributed by atoms with Crippen LogP contribution in [0.5, 0.6) is 11.5 Å². The van der Waals surface area contributed by atoms with Gasteiger partial charge in [-0.1, -0.05) is 12.1 Å². The van der Waals surface area contributed by atoms with Crippen molar-refractivity contribution in [2.75, 3.05) is 20.8 Å². The van der Waals surface area contributed by atoms with Crippen molar-refractivity contribution in [3.05, 3.63) is 23.8 Å². The number of rotatable bonds is 3. The lowest BCUT2D eigenvalue weighted by atomic mass is 10.1. The van der Waals surface area contributed by atoms with Gasteiger partial charge in [-0.3, -0.25) is 0 Å². The fraction of sp³-hybridized carbons (Fsp3) is 0.400. The fourth-order valence-electron chi connectivity index (χ4n) is 1.47. The monoisotopic (exact) mass is 179 g/mol. The largest absolute Gasteiger partial charge is 0.493 e. The second-order valence-electron chi connectivity index (χ2n) is 3.04. The van der Waals surface area contributed by atoms with Gasteiger partial charge in [-0.25, -0.2) is 0 Å². The zero-order chi connectivity index (χ0) is 9.26. The molecule has 0 aromatic heterocycles. The van der Waals surface area contributed by atoms with E-state index in [2.05, 4.69) is 11.4 Å². The van der Waals surface area contributed by atoms with Crippen LogP contribution in [0.2, 0.25) is 0 Å². The lowest BCUT2D eigenvalue weighted by Gasteiger charge is -2.10. The number of benzene rings is 1. The summed E-state index contributed by atoms with van der Waals surface area (Å²) in [5.41, 5.74) is 1.18. The topological polar surface area (TPSA) is 40.4 Å². The Morgan fingerprint density at radius 1 is 1.31 bits per heavy atom. The zero-order valence-corrected chi connectivity index (χ0v) is 7.83. The van der Waals surface area contributed by atoms with E-state index in [4.69, 9.17) is 9.47 Å². The Labute approximate surface area is 77.7 Å². The highest BCUT2D eigenvalue weighted by molar-refractivity contribution is 5.49. The molecular formula is C10H13NO2. The summed E-state index contributed by atoms with van der Waals surface area (Å²) in [5.74, 6) is 1.65. The first-order valence-corrected chi connectivity index (χ1v) is 4.31. The quantitative estimate of drug-likeness (QED) is 0.712. The van der Waals surface area contributed by atoms with Gasteiger partial charge in [0.15, 0.2) is 11.5 Å². The van der Waals surface area contributed by atoms with E-state index < -0.39 is 0 Å². The number of para-hydroxylation sites is 1. The molecule has 1 aliphatic rings. The predicted octanol–water partition coefficient (Wildman–Crippen LogP) is 1.35. The van der Waals surface area contributed by atoms with Gasteiger partial charge in [-0.05, 0) is 6.07 Å². The standard InChI is InChI=1S/C10H13NO2/c1-12-9-5-3-4-7(8-6-11-8)10(9)13-2/h3-5,8,11H,6H2,1-2H3/t8-/m1/s1. The Hall–Kier alpha value is -1.22. The van der Waals surface area contributed by atoms with Crippen molar-refractivity contribution < 1.29 is 9.47 Å². The number of ether oxygens (including phenoxy) is 2. The Bertz CT molecular complexity index is 308. The third-order valence-corrected chi connectivity index (χ3v) is 2.22. The van der Waals surface area contributed by atoms with Crippen molar-refractivity contribution in [1.29, 1.82) is 0 Å². The van der Waals surface area contributed by atoms with Crippen molar-refractivity contribution in [3.8, 4) is 11.5 Å². The normalized spacial score (nSPS) is 19.7.